The van der Waals surface area contributed by atoms with Gasteiger partial charge in [-0.1, -0.05) is 172 Å². The first-order valence-electron chi connectivity index (χ1n) is 17.2. The van der Waals surface area contributed by atoms with Crippen LogP contribution in [0, 0.1) is 0 Å². The minimum Gasteiger partial charge on any atom is -0.208 e. The molecule has 0 bridgehead atoms. The summed E-state index contributed by atoms with van der Waals surface area (Å²) in [6.07, 6.45) is 0. The van der Waals surface area contributed by atoms with E-state index in [0.717, 1.165) is 22.3 Å². The van der Waals surface area contributed by atoms with Crippen molar-refractivity contribution in [3.05, 3.63) is 163 Å². The normalized spacial score (nSPS) is 11.9. The fourth-order valence-corrected chi connectivity index (χ4v) is 7.18. The molecule has 0 unspecified atom stereocenters. The molecule has 8 aromatic carbocycles. The van der Waals surface area contributed by atoms with E-state index in [2.05, 4.69) is 118 Å². The number of aromatic nitrogens is 3. The quantitative estimate of drug-likeness (QED) is 0.176. The van der Waals surface area contributed by atoms with Crippen LogP contribution in [0.4, 0.5) is 0 Å². The zero-order valence-electron chi connectivity index (χ0n) is 28.4. The summed E-state index contributed by atoms with van der Waals surface area (Å²) in [4.78, 5) is 14.8. The van der Waals surface area contributed by atoms with Crippen molar-refractivity contribution in [3.8, 4) is 56.4 Å². The highest BCUT2D eigenvalue weighted by atomic mass is 15.0. The number of nitrogens with zero attached hydrogens (tertiary/aromatic N) is 3. The van der Waals surface area contributed by atoms with Crippen molar-refractivity contribution in [1.82, 2.24) is 15.0 Å². The summed E-state index contributed by atoms with van der Waals surface area (Å²) in [7, 11) is 0. The molecule has 9 rings (SSSR count). The summed E-state index contributed by atoms with van der Waals surface area (Å²) < 4.78 is 0. The maximum absolute atomic E-state index is 4.96. The van der Waals surface area contributed by atoms with Gasteiger partial charge in [0.05, 0.1) is 0 Å². The average Bonchev–Trinajstić information content (AvgIpc) is 3.17. The largest absolute Gasteiger partial charge is 0.208 e. The Labute approximate surface area is 292 Å². The van der Waals surface area contributed by atoms with E-state index < -0.39 is 0 Å². The molecule has 238 valence electrons. The van der Waals surface area contributed by atoms with E-state index in [1.165, 1.54) is 54.6 Å². The highest BCUT2D eigenvalue weighted by Gasteiger charge is 2.20. The molecule has 1 heterocycles. The van der Waals surface area contributed by atoms with E-state index in [-0.39, 0.29) is 5.41 Å². The van der Waals surface area contributed by atoms with Gasteiger partial charge in [-0.15, -0.1) is 0 Å². The minimum atomic E-state index is 0.0643. The summed E-state index contributed by atoms with van der Waals surface area (Å²) in [5, 5.41) is 7.76. The average molecular weight is 642 g/mol. The smallest absolute Gasteiger partial charge is 0.164 e. The van der Waals surface area contributed by atoms with Crippen molar-refractivity contribution in [2.75, 3.05) is 0 Å². The summed E-state index contributed by atoms with van der Waals surface area (Å²) in [5.41, 5.74) is 9.10. The van der Waals surface area contributed by atoms with E-state index in [4.69, 9.17) is 15.0 Å². The van der Waals surface area contributed by atoms with Crippen molar-refractivity contribution in [3.63, 3.8) is 0 Å². The van der Waals surface area contributed by atoms with Gasteiger partial charge in [-0.3, -0.25) is 0 Å². The Hall–Kier alpha value is -6.19. The van der Waals surface area contributed by atoms with E-state index in [0.29, 0.717) is 17.5 Å². The third kappa shape index (κ3) is 5.19. The number of hydrogen-bond donors (Lipinski definition) is 0. The molecular weight excluding hydrogens is 607 g/mol. The highest BCUT2D eigenvalue weighted by Crippen LogP contribution is 2.45. The van der Waals surface area contributed by atoms with Gasteiger partial charge in [0, 0.05) is 16.7 Å². The molecule has 0 saturated carbocycles. The van der Waals surface area contributed by atoms with Gasteiger partial charge in [-0.25, -0.2) is 15.0 Å². The molecule has 50 heavy (non-hydrogen) atoms. The lowest BCUT2D eigenvalue weighted by Gasteiger charge is -2.23. The molecule has 3 heteroatoms. The molecule has 3 nitrogen and oxygen atoms in total. The molecular formula is C47H35N3. The highest BCUT2D eigenvalue weighted by molar-refractivity contribution is 6.28. The van der Waals surface area contributed by atoms with Crippen LogP contribution in [-0.4, -0.2) is 15.0 Å². The Kier molecular flexibility index (Phi) is 7.03. The standard InChI is InChI=1S/C47H35N3/c1-47(2,3)37-27-35-23-25-38-40(30-13-7-4-8-14-30)29-41(39-26-24-36(28-37)42(35)43(38)39)31-19-21-34(22-20-31)46-49-44(32-15-9-5-10-16-32)48-45(50-46)33-17-11-6-12-18-33/h4-29H,1-3H3. The zero-order chi connectivity index (χ0) is 33.8. The molecule has 9 aromatic rings. The second-order valence-corrected chi connectivity index (χ2v) is 14.1. The number of rotatable bonds is 5. The van der Waals surface area contributed by atoms with Crippen LogP contribution in [-0.2, 0) is 5.41 Å². The van der Waals surface area contributed by atoms with Crippen LogP contribution in [0.1, 0.15) is 26.3 Å². The minimum absolute atomic E-state index is 0.0643. The van der Waals surface area contributed by atoms with Crippen LogP contribution in [0.25, 0.3) is 88.7 Å². The van der Waals surface area contributed by atoms with Crippen molar-refractivity contribution >= 4 is 32.3 Å². The van der Waals surface area contributed by atoms with Crippen molar-refractivity contribution in [2.24, 2.45) is 0 Å². The van der Waals surface area contributed by atoms with Gasteiger partial charge in [0.2, 0.25) is 0 Å². The fraction of sp³-hybridized carbons (Fsp3) is 0.0851. The first kappa shape index (κ1) is 29.9. The van der Waals surface area contributed by atoms with Crippen LogP contribution in [0.5, 0.6) is 0 Å². The molecule has 0 saturated heterocycles. The van der Waals surface area contributed by atoms with Gasteiger partial charge in [0.1, 0.15) is 0 Å². The lowest BCUT2D eigenvalue weighted by Crippen LogP contribution is -2.10. The van der Waals surface area contributed by atoms with Gasteiger partial charge in [0.25, 0.3) is 0 Å². The third-order valence-electron chi connectivity index (χ3n) is 9.82. The van der Waals surface area contributed by atoms with Crippen molar-refractivity contribution < 1.29 is 0 Å². The van der Waals surface area contributed by atoms with Gasteiger partial charge in [-0.2, -0.15) is 0 Å². The first-order chi connectivity index (χ1) is 24.4. The van der Waals surface area contributed by atoms with E-state index in [1.54, 1.807) is 0 Å². The number of hydrogen-bond acceptors (Lipinski definition) is 3. The lowest BCUT2D eigenvalue weighted by molar-refractivity contribution is 0.591. The second-order valence-electron chi connectivity index (χ2n) is 14.1. The monoisotopic (exact) mass is 641 g/mol. The fourth-order valence-electron chi connectivity index (χ4n) is 7.18. The van der Waals surface area contributed by atoms with Gasteiger partial charge >= 0.3 is 0 Å². The molecule has 0 amide bonds. The van der Waals surface area contributed by atoms with Crippen molar-refractivity contribution in [2.45, 2.75) is 26.2 Å². The van der Waals surface area contributed by atoms with Gasteiger partial charge in [0.15, 0.2) is 17.5 Å². The topological polar surface area (TPSA) is 38.7 Å². The van der Waals surface area contributed by atoms with E-state index >= 15 is 0 Å². The summed E-state index contributed by atoms with van der Waals surface area (Å²) in [6.45, 7) is 6.87. The molecule has 0 N–H and O–H groups in total. The SMILES string of the molecule is CC(C)(C)c1cc2ccc3c(-c4ccccc4)cc(-c4ccc(-c5nc(-c6ccccc6)nc(-c6ccccc6)n5)cc4)c4ccc(c1)c2c34. The summed E-state index contributed by atoms with van der Waals surface area (Å²) in [5.74, 6) is 1.97. The predicted molar refractivity (Wildman–Crippen MR) is 209 cm³/mol. The molecule has 0 aliphatic carbocycles. The molecule has 0 spiro atoms. The van der Waals surface area contributed by atoms with Crippen LogP contribution >= 0.6 is 0 Å². The Morgan fingerprint density at radius 1 is 0.360 bits per heavy atom. The van der Waals surface area contributed by atoms with Crippen LogP contribution in [0.2, 0.25) is 0 Å². The molecule has 0 aliphatic rings. The van der Waals surface area contributed by atoms with Crippen LogP contribution < -0.4 is 0 Å². The summed E-state index contributed by atoms with van der Waals surface area (Å²) >= 11 is 0. The Morgan fingerprint density at radius 2 is 0.740 bits per heavy atom. The molecule has 1 aromatic heterocycles. The van der Waals surface area contributed by atoms with Crippen molar-refractivity contribution in [1.29, 1.82) is 0 Å². The van der Waals surface area contributed by atoms with Crippen LogP contribution in [0.15, 0.2) is 158 Å². The second kappa shape index (κ2) is 11.7. The molecule has 0 radical (unpaired) electrons. The molecule has 0 fully saturated rings. The first-order valence-corrected chi connectivity index (χ1v) is 17.2. The Bertz CT molecular complexity index is 2560. The zero-order valence-corrected chi connectivity index (χ0v) is 28.4. The maximum Gasteiger partial charge on any atom is 0.164 e. The Balaban J connectivity index is 1.23. The van der Waals surface area contributed by atoms with E-state index in [9.17, 15) is 0 Å². The predicted octanol–water partition coefficient (Wildman–Crippen LogP) is 12.4. The summed E-state index contributed by atoms with van der Waals surface area (Å²) in [6, 6.07) is 56.1. The molecule has 0 aliphatic heterocycles. The Morgan fingerprint density at radius 3 is 1.18 bits per heavy atom. The molecule has 0 atom stereocenters. The maximum atomic E-state index is 4.96. The number of benzene rings is 8. The van der Waals surface area contributed by atoms with Crippen LogP contribution in [0.3, 0.4) is 0 Å². The third-order valence-corrected chi connectivity index (χ3v) is 9.82. The van der Waals surface area contributed by atoms with Gasteiger partial charge < -0.3 is 0 Å². The van der Waals surface area contributed by atoms with Gasteiger partial charge in [-0.05, 0) is 71.6 Å². The lowest BCUT2D eigenvalue weighted by atomic mass is 9.81. The van der Waals surface area contributed by atoms with E-state index in [1.807, 2.05) is 60.7 Å².